The molecule has 0 fully saturated rings. The van der Waals surface area contributed by atoms with Gasteiger partial charge in [-0.1, -0.05) is 72.3 Å². The number of rotatable bonds is 6. The summed E-state index contributed by atoms with van der Waals surface area (Å²) in [6.45, 7) is 6.55. The molecule has 0 aliphatic heterocycles. The summed E-state index contributed by atoms with van der Waals surface area (Å²) in [5, 5.41) is 2.31. The van der Waals surface area contributed by atoms with Crippen molar-refractivity contribution >= 4 is 26.7 Å². The average Bonchev–Trinajstić information content (AvgIpc) is 2.46. The molecule has 20 heavy (non-hydrogen) atoms. The molecule has 2 aromatic rings. The van der Waals surface area contributed by atoms with Crippen LogP contribution in [0.15, 0.2) is 65.2 Å². The molecule has 0 unspecified atom stereocenters. The normalized spacial score (nSPS) is 11.6. The molecular weight excluding hydrogens is 312 g/mol. The Labute approximate surface area is 129 Å². The predicted molar refractivity (Wildman–Crippen MR) is 90.3 cm³/mol. The number of benzene rings is 2. The molecule has 0 saturated heterocycles. The first-order valence-electron chi connectivity index (χ1n) is 6.86. The van der Waals surface area contributed by atoms with Gasteiger partial charge < -0.3 is 4.74 Å². The van der Waals surface area contributed by atoms with E-state index in [1.165, 1.54) is 11.0 Å². The van der Waals surface area contributed by atoms with Gasteiger partial charge in [-0.15, -0.1) is 0 Å². The van der Waals surface area contributed by atoms with Gasteiger partial charge in [0.2, 0.25) is 0 Å². The minimum Gasteiger partial charge on any atom is -0.489 e. The van der Waals surface area contributed by atoms with Crippen molar-refractivity contribution < 1.29 is 4.74 Å². The number of fused-ring (bicyclic) bond motifs is 1. The largest absolute Gasteiger partial charge is 0.489 e. The minimum absolute atomic E-state index is 0.617. The third kappa shape index (κ3) is 3.51. The molecule has 2 heteroatoms. The quantitative estimate of drug-likeness (QED) is 0.599. The fourth-order valence-corrected chi connectivity index (χ4v) is 2.73. The number of hydrogen-bond donors (Lipinski definition) is 0. The van der Waals surface area contributed by atoms with Gasteiger partial charge in [-0.3, -0.25) is 0 Å². The Morgan fingerprint density at radius 2 is 1.95 bits per heavy atom. The van der Waals surface area contributed by atoms with Crippen molar-refractivity contribution in [2.24, 2.45) is 0 Å². The van der Waals surface area contributed by atoms with E-state index in [1.54, 1.807) is 0 Å². The van der Waals surface area contributed by atoms with Crippen LogP contribution in [0.25, 0.3) is 10.8 Å². The van der Waals surface area contributed by atoms with Gasteiger partial charge in [0.15, 0.2) is 0 Å². The van der Waals surface area contributed by atoms with Crippen LogP contribution in [0.3, 0.4) is 0 Å². The Hall–Kier alpha value is -1.54. The van der Waals surface area contributed by atoms with Crippen LogP contribution in [0.5, 0.6) is 5.75 Å². The van der Waals surface area contributed by atoms with Crippen LogP contribution in [-0.4, -0.2) is 6.61 Å². The lowest BCUT2D eigenvalue weighted by atomic mass is 10.1. The lowest BCUT2D eigenvalue weighted by Crippen LogP contribution is -2.01. The maximum absolute atomic E-state index is 6.00. The summed E-state index contributed by atoms with van der Waals surface area (Å²) >= 11 is 3.58. The fourth-order valence-electron chi connectivity index (χ4n) is 2.23. The predicted octanol–water partition coefficient (Wildman–Crippen LogP) is 5.89. The maximum atomic E-state index is 6.00. The molecule has 104 valence electrons. The third-order valence-corrected chi connectivity index (χ3v) is 3.86. The van der Waals surface area contributed by atoms with E-state index in [0.29, 0.717) is 6.61 Å². The molecule has 0 aromatic heterocycles. The molecule has 2 aromatic carbocycles. The van der Waals surface area contributed by atoms with Gasteiger partial charge in [0.1, 0.15) is 12.4 Å². The minimum atomic E-state index is 0.617. The number of halogens is 1. The monoisotopic (exact) mass is 330 g/mol. The van der Waals surface area contributed by atoms with Crippen molar-refractivity contribution in [1.29, 1.82) is 0 Å². The number of allylic oxidation sites excluding steroid dienone is 2. The first kappa shape index (κ1) is 14.9. The first-order valence-corrected chi connectivity index (χ1v) is 7.66. The molecule has 2 rings (SSSR count). The van der Waals surface area contributed by atoms with Crippen LogP contribution in [-0.2, 0) is 0 Å². The van der Waals surface area contributed by atoms with Gasteiger partial charge in [0, 0.05) is 9.86 Å². The SMILES string of the molecule is C=C/C=C(\CCC)COc1cccc2c(Br)cccc12. The third-order valence-electron chi connectivity index (χ3n) is 3.17. The molecule has 0 heterocycles. The van der Waals surface area contributed by atoms with E-state index in [0.717, 1.165) is 28.5 Å². The van der Waals surface area contributed by atoms with Crippen molar-refractivity contribution in [1.82, 2.24) is 0 Å². The second-order valence-electron chi connectivity index (χ2n) is 4.69. The van der Waals surface area contributed by atoms with Crippen LogP contribution in [0, 0.1) is 0 Å². The van der Waals surface area contributed by atoms with Gasteiger partial charge >= 0.3 is 0 Å². The highest BCUT2D eigenvalue weighted by Crippen LogP contribution is 2.31. The van der Waals surface area contributed by atoms with Crippen LogP contribution in [0.4, 0.5) is 0 Å². The van der Waals surface area contributed by atoms with Crippen molar-refractivity contribution in [3.05, 3.63) is 65.2 Å². The Morgan fingerprint density at radius 3 is 2.70 bits per heavy atom. The van der Waals surface area contributed by atoms with Crippen molar-refractivity contribution in [3.63, 3.8) is 0 Å². The maximum Gasteiger partial charge on any atom is 0.127 e. The lowest BCUT2D eigenvalue weighted by molar-refractivity contribution is 0.351. The summed E-state index contributed by atoms with van der Waals surface area (Å²) in [5.74, 6) is 0.926. The van der Waals surface area contributed by atoms with E-state index in [-0.39, 0.29) is 0 Å². The molecule has 0 aliphatic carbocycles. The van der Waals surface area contributed by atoms with Gasteiger partial charge in [-0.05, 0) is 29.5 Å². The van der Waals surface area contributed by atoms with Crippen molar-refractivity contribution in [2.75, 3.05) is 6.61 Å². The Morgan fingerprint density at radius 1 is 1.20 bits per heavy atom. The Kier molecular flexibility index (Phi) is 5.42. The fraction of sp³-hybridized carbons (Fsp3) is 0.222. The van der Waals surface area contributed by atoms with Crippen LogP contribution in [0.1, 0.15) is 19.8 Å². The molecule has 0 saturated carbocycles. The second kappa shape index (κ2) is 7.30. The molecular formula is C18H19BrO. The number of ether oxygens (including phenoxy) is 1. The summed E-state index contributed by atoms with van der Waals surface area (Å²) < 4.78 is 7.10. The highest BCUT2D eigenvalue weighted by atomic mass is 79.9. The summed E-state index contributed by atoms with van der Waals surface area (Å²) in [5.41, 5.74) is 1.27. The molecule has 0 spiro atoms. The summed E-state index contributed by atoms with van der Waals surface area (Å²) in [6, 6.07) is 12.3. The van der Waals surface area contributed by atoms with Gasteiger partial charge in [0.25, 0.3) is 0 Å². The van der Waals surface area contributed by atoms with E-state index in [9.17, 15) is 0 Å². The van der Waals surface area contributed by atoms with Gasteiger partial charge in [-0.25, -0.2) is 0 Å². The van der Waals surface area contributed by atoms with Crippen molar-refractivity contribution in [2.45, 2.75) is 19.8 Å². The zero-order valence-electron chi connectivity index (χ0n) is 11.7. The van der Waals surface area contributed by atoms with Crippen LogP contribution < -0.4 is 4.74 Å². The highest BCUT2D eigenvalue weighted by Gasteiger charge is 2.05. The van der Waals surface area contributed by atoms with Crippen LogP contribution in [0.2, 0.25) is 0 Å². The highest BCUT2D eigenvalue weighted by molar-refractivity contribution is 9.10. The summed E-state index contributed by atoms with van der Waals surface area (Å²) in [6.07, 6.45) is 6.03. The lowest BCUT2D eigenvalue weighted by Gasteiger charge is -2.12. The van der Waals surface area contributed by atoms with E-state index in [2.05, 4.69) is 41.6 Å². The van der Waals surface area contributed by atoms with E-state index < -0.39 is 0 Å². The summed E-state index contributed by atoms with van der Waals surface area (Å²) in [7, 11) is 0. The van der Waals surface area contributed by atoms with Gasteiger partial charge in [-0.2, -0.15) is 0 Å². The summed E-state index contributed by atoms with van der Waals surface area (Å²) in [4.78, 5) is 0. The first-order chi connectivity index (χ1) is 9.76. The topological polar surface area (TPSA) is 9.23 Å². The van der Waals surface area contributed by atoms with E-state index in [4.69, 9.17) is 4.74 Å². The number of hydrogen-bond acceptors (Lipinski definition) is 1. The van der Waals surface area contributed by atoms with Crippen molar-refractivity contribution in [3.8, 4) is 5.75 Å². The molecule has 0 bridgehead atoms. The zero-order valence-corrected chi connectivity index (χ0v) is 13.3. The second-order valence-corrected chi connectivity index (χ2v) is 5.54. The van der Waals surface area contributed by atoms with E-state index in [1.807, 2.05) is 36.4 Å². The Bertz CT molecular complexity index is 628. The average molecular weight is 331 g/mol. The molecule has 0 amide bonds. The van der Waals surface area contributed by atoms with Gasteiger partial charge in [0.05, 0.1) is 0 Å². The van der Waals surface area contributed by atoms with E-state index >= 15 is 0 Å². The molecule has 0 aliphatic rings. The van der Waals surface area contributed by atoms with Crippen LogP contribution >= 0.6 is 15.9 Å². The zero-order chi connectivity index (χ0) is 14.4. The standard InChI is InChI=1S/C18H19BrO/c1-3-7-14(8-4-2)13-20-18-12-6-9-15-16(18)10-5-11-17(15)19/h3,5-7,9-12H,1,4,8,13H2,2H3/b14-7+. The molecule has 1 nitrogen and oxygen atoms in total. The molecule has 0 atom stereocenters. The smallest absolute Gasteiger partial charge is 0.127 e. The molecule has 0 radical (unpaired) electrons. The Balaban J connectivity index is 2.24. The molecule has 0 N–H and O–H groups in total.